The van der Waals surface area contributed by atoms with Gasteiger partial charge in [0, 0.05) is 12.2 Å². The third-order valence-electron chi connectivity index (χ3n) is 5.55. The molecule has 0 saturated heterocycles. The topological polar surface area (TPSA) is 117 Å². The van der Waals surface area contributed by atoms with Crippen molar-refractivity contribution in [3.8, 4) is 11.5 Å². The van der Waals surface area contributed by atoms with Gasteiger partial charge in [0.15, 0.2) is 0 Å². The van der Waals surface area contributed by atoms with Crippen molar-refractivity contribution >= 4 is 23.6 Å². The van der Waals surface area contributed by atoms with E-state index in [2.05, 4.69) is 10.6 Å². The molecule has 0 saturated carbocycles. The van der Waals surface area contributed by atoms with Crippen molar-refractivity contribution in [1.29, 1.82) is 0 Å². The van der Waals surface area contributed by atoms with Crippen LogP contribution in [0.2, 0.25) is 0 Å². The molecule has 0 fully saturated rings. The molecule has 0 aliphatic heterocycles. The van der Waals surface area contributed by atoms with Gasteiger partial charge in [0.05, 0.1) is 7.11 Å². The predicted molar refractivity (Wildman–Crippen MR) is 147 cm³/mol. The van der Waals surface area contributed by atoms with Gasteiger partial charge in [0.2, 0.25) is 5.91 Å². The average Bonchev–Trinajstić information content (AvgIpc) is 2.82. The molecule has 2 rings (SSSR count). The van der Waals surface area contributed by atoms with Crippen molar-refractivity contribution in [1.82, 2.24) is 10.2 Å². The number of methoxy groups -OCH3 is 1. The van der Waals surface area contributed by atoms with Crippen LogP contribution in [0.3, 0.4) is 0 Å². The van der Waals surface area contributed by atoms with Crippen LogP contribution in [0, 0.1) is 5.92 Å². The van der Waals surface area contributed by atoms with Crippen LogP contribution in [0.25, 0.3) is 0 Å². The fraction of sp³-hybridized carbons (Fsp3) is 0.483. The van der Waals surface area contributed by atoms with E-state index in [1.165, 1.54) is 17.0 Å². The first-order valence-electron chi connectivity index (χ1n) is 12.9. The molecule has 38 heavy (non-hydrogen) atoms. The zero-order valence-corrected chi connectivity index (χ0v) is 23.4. The Morgan fingerprint density at radius 2 is 1.71 bits per heavy atom. The second kappa shape index (κ2) is 13.7. The lowest BCUT2D eigenvalue weighted by molar-refractivity contribution is -0.141. The van der Waals surface area contributed by atoms with Crippen LogP contribution in [0.5, 0.6) is 11.5 Å². The first-order chi connectivity index (χ1) is 17.8. The molecule has 3 N–H and O–H groups in total. The first-order valence-corrected chi connectivity index (χ1v) is 12.9. The number of amides is 3. The average molecular weight is 528 g/mol. The highest BCUT2D eigenvalue weighted by molar-refractivity contribution is 5.99. The molecule has 0 bridgehead atoms. The summed E-state index contributed by atoms with van der Waals surface area (Å²) in [5.74, 6) is -0.179. The Morgan fingerprint density at radius 1 is 1.05 bits per heavy atom. The molecular formula is C29H41N3O6. The molecule has 0 spiro atoms. The fourth-order valence-electron chi connectivity index (χ4n) is 4.00. The number of phenols is 1. The number of ether oxygens (including phenoxy) is 2. The number of hydrogen-bond donors (Lipinski definition) is 3. The smallest absolute Gasteiger partial charge is 0.408 e. The van der Waals surface area contributed by atoms with Gasteiger partial charge in [-0.05, 0) is 81.5 Å². The maximum Gasteiger partial charge on any atom is 0.408 e. The van der Waals surface area contributed by atoms with Crippen molar-refractivity contribution in [3.05, 3.63) is 54.1 Å². The van der Waals surface area contributed by atoms with Crippen LogP contribution in [-0.2, 0) is 14.3 Å². The highest BCUT2D eigenvalue weighted by Crippen LogP contribution is 2.28. The lowest BCUT2D eigenvalue weighted by Gasteiger charge is -2.34. The number of nitrogens with zero attached hydrogens (tertiary/aromatic N) is 1. The predicted octanol–water partition coefficient (Wildman–Crippen LogP) is 5.26. The zero-order valence-electron chi connectivity index (χ0n) is 23.4. The molecule has 2 atom stereocenters. The highest BCUT2D eigenvalue weighted by atomic mass is 16.6. The Kier molecular flexibility index (Phi) is 11.0. The summed E-state index contributed by atoms with van der Waals surface area (Å²) < 4.78 is 10.6. The van der Waals surface area contributed by atoms with E-state index in [1.54, 1.807) is 64.3 Å². The van der Waals surface area contributed by atoms with Crippen LogP contribution in [0.15, 0.2) is 48.5 Å². The molecule has 0 aliphatic rings. The third-order valence-corrected chi connectivity index (χ3v) is 5.55. The maximum absolute atomic E-state index is 14.0. The number of aromatic hydroxyl groups is 1. The molecule has 0 heterocycles. The summed E-state index contributed by atoms with van der Waals surface area (Å²) >= 11 is 0. The number of carbonyl (C=O) groups is 3. The van der Waals surface area contributed by atoms with Crippen molar-refractivity contribution in [2.45, 2.75) is 72.1 Å². The summed E-state index contributed by atoms with van der Waals surface area (Å²) in [7, 11) is 1.55. The van der Waals surface area contributed by atoms with Gasteiger partial charge >= 0.3 is 6.09 Å². The standard InChI is InChI=1S/C29H41N3O6/c1-8-16-32(27(35)24(17-19(2)3)31-28(36)38-29(4,5)6)25(20-10-9-11-22(33)18-20)26(34)30-21-12-14-23(37-7)15-13-21/h9-15,18-19,24-25,33H,8,16-17H2,1-7H3,(H,30,34)(H,31,36). The lowest BCUT2D eigenvalue weighted by Crippen LogP contribution is -2.53. The second-order valence-electron chi connectivity index (χ2n) is 10.6. The van der Waals surface area contributed by atoms with Gasteiger partial charge in [-0.1, -0.05) is 32.9 Å². The normalized spacial score (nSPS) is 12.8. The van der Waals surface area contributed by atoms with Crippen molar-refractivity contribution in [2.24, 2.45) is 5.92 Å². The van der Waals surface area contributed by atoms with E-state index in [9.17, 15) is 19.5 Å². The largest absolute Gasteiger partial charge is 0.508 e. The minimum absolute atomic E-state index is 0.0285. The summed E-state index contributed by atoms with van der Waals surface area (Å²) in [4.78, 5) is 41.8. The van der Waals surface area contributed by atoms with E-state index in [0.717, 1.165) is 0 Å². The molecular weight excluding hydrogens is 486 g/mol. The SMILES string of the molecule is CCCN(C(=O)C(CC(C)C)NC(=O)OC(C)(C)C)C(C(=O)Nc1ccc(OC)cc1)c1cccc(O)c1. The van der Waals surface area contributed by atoms with Gasteiger partial charge in [-0.2, -0.15) is 0 Å². The summed E-state index contributed by atoms with van der Waals surface area (Å²) in [6, 6.07) is 11.1. The van der Waals surface area contributed by atoms with Gasteiger partial charge in [0.25, 0.3) is 5.91 Å². The highest BCUT2D eigenvalue weighted by Gasteiger charge is 2.36. The van der Waals surface area contributed by atoms with E-state index in [1.807, 2.05) is 20.8 Å². The van der Waals surface area contributed by atoms with Gasteiger partial charge in [0.1, 0.15) is 29.2 Å². The molecule has 2 aromatic carbocycles. The summed E-state index contributed by atoms with van der Waals surface area (Å²) in [5, 5.41) is 15.8. The number of phenolic OH excluding ortho intramolecular Hbond substituents is 1. The van der Waals surface area contributed by atoms with E-state index < -0.39 is 35.6 Å². The third kappa shape index (κ3) is 9.28. The molecule has 0 radical (unpaired) electrons. The molecule has 0 aliphatic carbocycles. The Labute approximate surface area is 225 Å². The Balaban J connectivity index is 2.47. The minimum atomic E-state index is -1.06. The number of anilines is 1. The fourth-order valence-corrected chi connectivity index (χ4v) is 4.00. The number of nitrogens with one attached hydrogen (secondary N) is 2. The van der Waals surface area contributed by atoms with E-state index in [-0.39, 0.29) is 18.2 Å². The Bertz CT molecular complexity index is 1080. The van der Waals surface area contributed by atoms with Crippen molar-refractivity contribution < 1.29 is 29.0 Å². The number of carbonyl (C=O) groups excluding carboxylic acids is 3. The van der Waals surface area contributed by atoms with Crippen LogP contribution in [-0.4, -0.2) is 53.2 Å². The van der Waals surface area contributed by atoms with Gasteiger partial charge in [-0.25, -0.2) is 4.79 Å². The molecule has 2 unspecified atom stereocenters. The number of hydrogen-bond acceptors (Lipinski definition) is 6. The molecule has 2 aromatic rings. The summed E-state index contributed by atoms with van der Waals surface area (Å²) in [6.07, 6.45) is 0.215. The van der Waals surface area contributed by atoms with E-state index in [0.29, 0.717) is 29.8 Å². The second-order valence-corrected chi connectivity index (χ2v) is 10.6. The van der Waals surface area contributed by atoms with Crippen LogP contribution < -0.4 is 15.4 Å². The summed E-state index contributed by atoms with van der Waals surface area (Å²) in [5.41, 5.74) is 0.231. The van der Waals surface area contributed by atoms with Crippen molar-refractivity contribution in [2.75, 3.05) is 19.0 Å². The zero-order chi connectivity index (χ0) is 28.5. The Hall–Kier alpha value is -3.75. The monoisotopic (exact) mass is 527 g/mol. The van der Waals surface area contributed by atoms with E-state index >= 15 is 0 Å². The molecule has 3 amide bonds. The summed E-state index contributed by atoms with van der Waals surface area (Å²) in [6.45, 7) is 11.3. The number of rotatable bonds is 11. The first kappa shape index (κ1) is 30.5. The van der Waals surface area contributed by atoms with Crippen molar-refractivity contribution in [3.63, 3.8) is 0 Å². The van der Waals surface area contributed by atoms with Crippen LogP contribution >= 0.6 is 0 Å². The van der Waals surface area contributed by atoms with Crippen LogP contribution in [0.1, 0.15) is 66.0 Å². The van der Waals surface area contributed by atoms with Gasteiger partial charge < -0.3 is 30.1 Å². The Morgan fingerprint density at radius 3 is 2.24 bits per heavy atom. The molecule has 0 aromatic heterocycles. The molecule has 9 nitrogen and oxygen atoms in total. The van der Waals surface area contributed by atoms with E-state index in [4.69, 9.17) is 9.47 Å². The minimum Gasteiger partial charge on any atom is -0.508 e. The number of benzene rings is 2. The quantitative estimate of drug-likeness (QED) is 0.367. The van der Waals surface area contributed by atoms with Gasteiger partial charge in [-0.3, -0.25) is 9.59 Å². The number of alkyl carbamates (subject to hydrolysis) is 1. The van der Waals surface area contributed by atoms with Gasteiger partial charge in [-0.15, -0.1) is 0 Å². The van der Waals surface area contributed by atoms with Crippen LogP contribution in [0.4, 0.5) is 10.5 Å². The molecule has 9 heteroatoms. The molecule has 208 valence electrons. The maximum atomic E-state index is 14.0. The lowest BCUT2D eigenvalue weighted by atomic mass is 9.98.